The molecule has 34 heavy (non-hydrogen) atoms. The number of rotatable bonds is 7. The number of nitrogens with one attached hydrogen (secondary N) is 2. The van der Waals surface area contributed by atoms with Crippen LogP contribution in [0.3, 0.4) is 0 Å². The molecule has 0 spiro atoms. The van der Waals surface area contributed by atoms with E-state index >= 15 is 0 Å². The van der Waals surface area contributed by atoms with E-state index in [2.05, 4.69) is 17.6 Å². The quantitative estimate of drug-likeness (QED) is 0.594. The van der Waals surface area contributed by atoms with Gasteiger partial charge in [0.2, 0.25) is 0 Å². The number of para-hydroxylation sites is 1. The summed E-state index contributed by atoms with van der Waals surface area (Å²) < 4.78 is 43.3. The van der Waals surface area contributed by atoms with Gasteiger partial charge >= 0.3 is 0 Å². The van der Waals surface area contributed by atoms with E-state index < -0.39 is 33.7 Å². The number of carbonyl (C=O) groups excluding carboxylic acids is 2. The maximum absolute atomic E-state index is 14.0. The van der Waals surface area contributed by atoms with Gasteiger partial charge in [-0.1, -0.05) is 26.0 Å². The molecule has 1 aliphatic carbocycles. The predicted molar refractivity (Wildman–Crippen MR) is 130 cm³/mol. The lowest BCUT2D eigenvalue weighted by molar-refractivity contribution is -0.122. The zero-order valence-corrected chi connectivity index (χ0v) is 20.9. The van der Waals surface area contributed by atoms with E-state index in [-0.39, 0.29) is 23.2 Å². The molecular formula is C24H29FN2O5S2. The van der Waals surface area contributed by atoms with Gasteiger partial charge < -0.3 is 15.4 Å². The minimum atomic E-state index is -3.14. The average Bonchev–Trinajstić information content (AvgIpc) is 3.30. The number of benzene rings is 1. The Morgan fingerprint density at radius 2 is 2.03 bits per heavy atom. The van der Waals surface area contributed by atoms with Gasteiger partial charge in [-0.05, 0) is 55.7 Å². The van der Waals surface area contributed by atoms with Crippen molar-refractivity contribution in [1.29, 1.82) is 0 Å². The summed E-state index contributed by atoms with van der Waals surface area (Å²) >= 11 is 1.38. The van der Waals surface area contributed by atoms with Crippen molar-refractivity contribution in [3.63, 3.8) is 0 Å². The Bertz CT molecular complexity index is 1190. The molecular weight excluding hydrogens is 479 g/mol. The lowest BCUT2D eigenvalue weighted by Gasteiger charge is -2.20. The number of amides is 2. The van der Waals surface area contributed by atoms with Crippen LogP contribution in [0.15, 0.2) is 24.3 Å². The number of hydrogen-bond acceptors (Lipinski definition) is 6. The number of halogens is 1. The van der Waals surface area contributed by atoms with Crippen LogP contribution in [0.5, 0.6) is 5.75 Å². The van der Waals surface area contributed by atoms with Crippen LogP contribution in [0.4, 0.5) is 9.39 Å². The fourth-order valence-corrected chi connectivity index (χ4v) is 7.54. The van der Waals surface area contributed by atoms with Gasteiger partial charge in [0.25, 0.3) is 11.8 Å². The molecule has 1 aliphatic heterocycles. The Kier molecular flexibility index (Phi) is 7.28. The normalized spacial score (nSPS) is 22.0. The fraction of sp³-hybridized carbons (Fsp3) is 0.500. The average molecular weight is 509 g/mol. The zero-order valence-electron chi connectivity index (χ0n) is 19.2. The van der Waals surface area contributed by atoms with Gasteiger partial charge in [-0.25, -0.2) is 12.8 Å². The molecule has 0 saturated carbocycles. The van der Waals surface area contributed by atoms with Gasteiger partial charge in [0.15, 0.2) is 27.5 Å². The molecule has 0 bridgehead atoms. The highest BCUT2D eigenvalue weighted by Crippen LogP contribution is 2.40. The standard InChI is InChI=1S/C24H29FN2O5S2/c1-3-18(32-19-7-5-4-6-17(19)25)22(28)27-24-21(16-9-8-14(2)12-20(16)33-24)23(29)26-15-10-11-34(30,31)13-15/h4-7,14-15,18H,3,8-13H2,1-2H3,(H,26,29)(H,27,28)/t14-,15+,18-/m1/s1. The summed E-state index contributed by atoms with van der Waals surface area (Å²) in [6, 6.07) is 5.46. The molecule has 0 unspecified atom stereocenters. The molecule has 10 heteroatoms. The van der Waals surface area contributed by atoms with Crippen LogP contribution in [0.2, 0.25) is 0 Å². The Balaban J connectivity index is 1.57. The molecule has 1 saturated heterocycles. The van der Waals surface area contributed by atoms with Gasteiger partial charge in [0.05, 0.1) is 17.1 Å². The maximum atomic E-state index is 14.0. The SMILES string of the molecule is CC[C@@H](Oc1ccccc1F)C(=O)Nc1sc2c(c1C(=O)N[C@H]1CCS(=O)(=O)C1)CC[C@@H](C)C2. The molecule has 2 amide bonds. The first-order valence-electron chi connectivity index (χ1n) is 11.5. The van der Waals surface area contributed by atoms with Crippen molar-refractivity contribution in [2.45, 2.75) is 58.1 Å². The molecule has 7 nitrogen and oxygen atoms in total. The molecule has 2 N–H and O–H groups in total. The van der Waals surface area contributed by atoms with Crippen molar-refractivity contribution < 1.29 is 27.1 Å². The van der Waals surface area contributed by atoms with Crippen molar-refractivity contribution >= 4 is 38.0 Å². The molecule has 2 aromatic rings. The lowest BCUT2D eigenvalue weighted by atomic mass is 9.88. The number of hydrogen-bond donors (Lipinski definition) is 2. The monoisotopic (exact) mass is 508 g/mol. The summed E-state index contributed by atoms with van der Waals surface area (Å²) in [4.78, 5) is 27.4. The highest BCUT2D eigenvalue weighted by molar-refractivity contribution is 7.91. The van der Waals surface area contributed by atoms with Gasteiger partial charge in [-0.15, -0.1) is 11.3 Å². The topological polar surface area (TPSA) is 102 Å². The first-order chi connectivity index (χ1) is 16.2. The van der Waals surface area contributed by atoms with E-state index in [1.165, 1.54) is 23.5 Å². The maximum Gasteiger partial charge on any atom is 0.266 e. The summed E-state index contributed by atoms with van der Waals surface area (Å²) in [5.74, 6) is -0.934. The fourth-order valence-electron chi connectivity index (χ4n) is 4.45. The Morgan fingerprint density at radius 1 is 1.26 bits per heavy atom. The Hall–Kier alpha value is -2.46. The molecule has 0 radical (unpaired) electrons. The lowest BCUT2D eigenvalue weighted by Crippen LogP contribution is -2.37. The van der Waals surface area contributed by atoms with Crippen LogP contribution < -0.4 is 15.4 Å². The Labute approximate surface area is 203 Å². The first kappa shape index (κ1) is 24.7. The molecule has 1 aromatic carbocycles. The third-order valence-electron chi connectivity index (χ3n) is 6.31. The molecule has 3 atom stereocenters. The van der Waals surface area contributed by atoms with Crippen molar-refractivity contribution in [3.05, 3.63) is 46.1 Å². The summed E-state index contributed by atoms with van der Waals surface area (Å²) in [6.45, 7) is 3.92. The van der Waals surface area contributed by atoms with E-state index in [0.717, 1.165) is 29.7 Å². The highest BCUT2D eigenvalue weighted by atomic mass is 32.2. The van der Waals surface area contributed by atoms with Crippen LogP contribution >= 0.6 is 11.3 Å². The number of anilines is 1. The largest absolute Gasteiger partial charge is 0.478 e. The smallest absolute Gasteiger partial charge is 0.266 e. The summed E-state index contributed by atoms with van der Waals surface area (Å²) in [5, 5.41) is 6.14. The Morgan fingerprint density at radius 3 is 2.71 bits per heavy atom. The molecule has 2 aliphatic rings. The van der Waals surface area contributed by atoms with E-state index in [1.807, 2.05) is 0 Å². The summed E-state index contributed by atoms with van der Waals surface area (Å²) in [6.07, 6.45) is 2.22. The number of sulfone groups is 1. The van der Waals surface area contributed by atoms with Gasteiger partial charge in [-0.2, -0.15) is 0 Å². The van der Waals surface area contributed by atoms with E-state index in [1.54, 1.807) is 19.1 Å². The van der Waals surface area contributed by atoms with Crippen molar-refractivity contribution in [3.8, 4) is 5.75 Å². The third kappa shape index (κ3) is 5.43. The van der Waals surface area contributed by atoms with Crippen molar-refractivity contribution in [1.82, 2.24) is 5.32 Å². The second-order valence-electron chi connectivity index (χ2n) is 9.06. The second kappa shape index (κ2) is 10.0. The van der Waals surface area contributed by atoms with Gasteiger partial charge in [-0.3, -0.25) is 9.59 Å². The third-order valence-corrected chi connectivity index (χ3v) is 9.25. The van der Waals surface area contributed by atoms with E-state index in [4.69, 9.17) is 4.74 Å². The van der Waals surface area contributed by atoms with Gasteiger partial charge in [0, 0.05) is 10.9 Å². The minimum absolute atomic E-state index is 0.00999. The molecule has 2 heterocycles. The molecule has 1 fully saturated rings. The zero-order chi connectivity index (χ0) is 24.5. The molecule has 4 rings (SSSR count). The first-order valence-corrected chi connectivity index (χ1v) is 14.2. The number of fused-ring (bicyclic) bond motifs is 1. The number of thiophene rings is 1. The minimum Gasteiger partial charge on any atom is -0.478 e. The van der Waals surface area contributed by atoms with Crippen LogP contribution in [0.25, 0.3) is 0 Å². The van der Waals surface area contributed by atoms with E-state index in [0.29, 0.717) is 29.3 Å². The van der Waals surface area contributed by atoms with Crippen molar-refractivity contribution in [2.24, 2.45) is 5.92 Å². The van der Waals surface area contributed by atoms with Gasteiger partial charge in [0.1, 0.15) is 5.00 Å². The van der Waals surface area contributed by atoms with Crippen LogP contribution in [0, 0.1) is 11.7 Å². The molecule has 1 aromatic heterocycles. The van der Waals surface area contributed by atoms with Crippen LogP contribution in [-0.4, -0.2) is 43.9 Å². The number of ether oxygens (including phenoxy) is 1. The van der Waals surface area contributed by atoms with E-state index in [9.17, 15) is 22.4 Å². The summed E-state index contributed by atoms with van der Waals surface area (Å²) in [7, 11) is -3.14. The second-order valence-corrected chi connectivity index (χ2v) is 12.4. The van der Waals surface area contributed by atoms with Crippen LogP contribution in [-0.2, 0) is 27.5 Å². The van der Waals surface area contributed by atoms with Crippen LogP contribution in [0.1, 0.15) is 53.9 Å². The van der Waals surface area contributed by atoms with Crippen molar-refractivity contribution in [2.75, 3.05) is 16.8 Å². The number of carbonyl (C=O) groups is 2. The summed E-state index contributed by atoms with van der Waals surface area (Å²) in [5.41, 5.74) is 1.32. The highest BCUT2D eigenvalue weighted by Gasteiger charge is 2.33. The molecule has 184 valence electrons. The predicted octanol–water partition coefficient (Wildman–Crippen LogP) is 3.73.